The standard InChI is InChI=1S/C14H11N3O4/c18-9-15-12-8-4-7-11(16-12)13(14(19)20)17-21-10-5-2-1-3-6-10/h1-9H,(H,19,20)(H,15,16,18)/b17-13+. The van der Waals surface area contributed by atoms with Crippen LogP contribution >= 0.6 is 0 Å². The maximum atomic E-state index is 11.2. The van der Waals surface area contributed by atoms with Crippen LogP contribution < -0.4 is 10.2 Å². The van der Waals surface area contributed by atoms with Crippen LogP contribution in [0, 0.1) is 0 Å². The number of aromatic nitrogens is 1. The van der Waals surface area contributed by atoms with E-state index >= 15 is 0 Å². The minimum Gasteiger partial charge on any atom is -0.476 e. The number of benzene rings is 1. The number of carboxylic acids is 1. The highest BCUT2D eigenvalue weighted by molar-refractivity contribution is 6.41. The van der Waals surface area contributed by atoms with E-state index in [1.54, 1.807) is 36.4 Å². The van der Waals surface area contributed by atoms with E-state index in [1.165, 1.54) is 12.1 Å². The Morgan fingerprint density at radius 1 is 1.19 bits per heavy atom. The SMILES string of the molecule is O=CNc1cccc(/C(=N\Oc2ccccc2)C(=O)O)n1. The topological polar surface area (TPSA) is 101 Å². The minimum absolute atomic E-state index is 0.0743. The van der Waals surface area contributed by atoms with Crippen LogP contribution in [0.1, 0.15) is 5.69 Å². The molecule has 1 amide bonds. The van der Waals surface area contributed by atoms with E-state index in [-0.39, 0.29) is 17.2 Å². The van der Waals surface area contributed by atoms with E-state index in [0.717, 1.165) is 0 Å². The first kappa shape index (κ1) is 14.2. The Kier molecular flexibility index (Phi) is 4.60. The second kappa shape index (κ2) is 6.80. The molecule has 1 heterocycles. The average Bonchev–Trinajstić information content (AvgIpc) is 2.49. The minimum atomic E-state index is -1.29. The molecule has 0 fully saturated rings. The summed E-state index contributed by atoms with van der Waals surface area (Å²) in [6.45, 7) is 0. The third kappa shape index (κ3) is 3.87. The fourth-order valence-electron chi connectivity index (χ4n) is 1.48. The number of nitrogens with one attached hydrogen (secondary N) is 1. The summed E-state index contributed by atoms with van der Waals surface area (Å²) in [6.07, 6.45) is 0.449. The van der Waals surface area contributed by atoms with Crippen LogP contribution in [0.15, 0.2) is 53.7 Å². The highest BCUT2D eigenvalue weighted by Crippen LogP contribution is 2.10. The summed E-state index contributed by atoms with van der Waals surface area (Å²) in [5.74, 6) is -0.670. The van der Waals surface area contributed by atoms with Crippen molar-refractivity contribution in [3.05, 3.63) is 54.2 Å². The van der Waals surface area contributed by atoms with Gasteiger partial charge in [0.25, 0.3) is 0 Å². The summed E-state index contributed by atoms with van der Waals surface area (Å²) in [7, 11) is 0. The lowest BCUT2D eigenvalue weighted by atomic mass is 10.2. The van der Waals surface area contributed by atoms with Crippen molar-refractivity contribution in [2.45, 2.75) is 0 Å². The Balaban J connectivity index is 2.28. The molecule has 2 aromatic rings. The lowest BCUT2D eigenvalue weighted by Crippen LogP contribution is -2.17. The molecule has 106 valence electrons. The Bertz CT molecular complexity index is 671. The number of hydrogen-bond acceptors (Lipinski definition) is 5. The van der Waals surface area contributed by atoms with E-state index in [1.807, 2.05) is 0 Å². The third-order valence-electron chi connectivity index (χ3n) is 2.39. The molecule has 0 unspecified atom stereocenters. The molecule has 0 aliphatic heterocycles. The molecule has 1 aromatic carbocycles. The Hall–Kier alpha value is -3.22. The van der Waals surface area contributed by atoms with E-state index in [0.29, 0.717) is 12.2 Å². The van der Waals surface area contributed by atoms with Crippen LogP contribution in [0.5, 0.6) is 5.75 Å². The van der Waals surface area contributed by atoms with Gasteiger partial charge in [0.05, 0.1) is 0 Å². The zero-order chi connectivity index (χ0) is 15.1. The Morgan fingerprint density at radius 3 is 2.62 bits per heavy atom. The number of carboxylic acid groups (broad SMARTS) is 1. The molecule has 0 bridgehead atoms. The highest BCUT2D eigenvalue weighted by atomic mass is 16.6. The fourth-order valence-corrected chi connectivity index (χ4v) is 1.48. The first-order chi connectivity index (χ1) is 10.2. The van der Waals surface area contributed by atoms with Gasteiger partial charge in [-0.05, 0) is 24.3 Å². The second-order valence-corrected chi connectivity index (χ2v) is 3.82. The first-order valence-corrected chi connectivity index (χ1v) is 5.91. The predicted octanol–water partition coefficient (Wildman–Crippen LogP) is 1.52. The van der Waals surface area contributed by atoms with Crippen LogP contribution in [0.3, 0.4) is 0 Å². The van der Waals surface area contributed by atoms with Gasteiger partial charge in [-0.2, -0.15) is 0 Å². The van der Waals surface area contributed by atoms with Gasteiger partial charge in [-0.3, -0.25) is 4.79 Å². The number of amides is 1. The van der Waals surface area contributed by atoms with Crippen molar-refractivity contribution in [1.29, 1.82) is 0 Å². The number of nitrogens with zero attached hydrogens (tertiary/aromatic N) is 2. The molecular weight excluding hydrogens is 274 g/mol. The number of pyridine rings is 1. The van der Waals surface area contributed by atoms with Crippen molar-refractivity contribution >= 4 is 23.9 Å². The monoisotopic (exact) mass is 285 g/mol. The molecule has 2 N–H and O–H groups in total. The van der Waals surface area contributed by atoms with Gasteiger partial charge < -0.3 is 15.3 Å². The molecule has 0 saturated carbocycles. The molecule has 0 aliphatic rings. The van der Waals surface area contributed by atoms with Gasteiger partial charge in [0.1, 0.15) is 11.5 Å². The number of carbonyl (C=O) groups is 2. The van der Waals surface area contributed by atoms with Gasteiger partial charge in [-0.25, -0.2) is 9.78 Å². The summed E-state index contributed by atoms with van der Waals surface area (Å²) in [4.78, 5) is 30.7. The Morgan fingerprint density at radius 2 is 1.95 bits per heavy atom. The van der Waals surface area contributed by atoms with E-state index in [4.69, 9.17) is 4.84 Å². The summed E-state index contributed by atoms with van der Waals surface area (Å²) in [5.41, 5.74) is -0.293. The fraction of sp³-hybridized carbons (Fsp3) is 0. The van der Waals surface area contributed by atoms with Gasteiger partial charge in [-0.15, -0.1) is 0 Å². The summed E-state index contributed by atoms with van der Waals surface area (Å²) < 4.78 is 0. The zero-order valence-corrected chi connectivity index (χ0v) is 10.8. The van der Waals surface area contributed by atoms with Crippen molar-refractivity contribution in [2.75, 3.05) is 5.32 Å². The predicted molar refractivity (Wildman–Crippen MR) is 75.2 cm³/mol. The normalized spacial score (nSPS) is 10.8. The highest BCUT2D eigenvalue weighted by Gasteiger charge is 2.16. The molecule has 2 rings (SSSR count). The maximum absolute atomic E-state index is 11.2. The number of oxime groups is 1. The van der Waals surface area contributed by atoms with Gasteiger partial charge in [0.2, 0.25) is 12.1 Å². The summed E-state index contributed by atoms with van der Waals surface area (Å²) in [5, 5.41) is 15.1. The number of carbonyl (C=O) groups excluding carboxylic acids is 1. The van der Waals surface area contributed by atoms with Crippen LogP contribution in [-0.2, 0) is 9.59 Å². The van der Waals surface area contributed by atoms with Crippen molar-refractivity contribution in [3.8, 4) is 5.75 Å². The van der Waals surface area contributed by atoms with Gasteiger partial charge in [0.15, 0.2) is 5.75 Å². The molecule has 0 spiro atoms. The quantitative estimate of drug-likeness (QED) is 0.476. The van der Waals surface area contributed by atoms with Crippen LogP contribution in [-0.4, -0.2) is 28.2 Å². The summed E-state index contributed by atoms with van der Waals surface area (Å²) >= 11 is 0. The summed E-state index contributed by atoms with van der Waals surface area (Å²) in [6, 6.07) is 13.1. The molecular formula is C14H11N3O4. The third-order valence-corrected chi connectivity index (χ3v) is 2.39. The van der Waals surface area contributed by atoms with Crippen LogP contribution in [0.4, 0.5) is 5.82 Å². The maximum Gasteiger partial charge on any atom is 0.360 e. The van der Waals surface area contributed by atoms with Crippen molar-refractivity contribution < 1.29 is 19.5 Å². The number of aliphatic carboxylic acids is 1. The lowest BCUT2D eigenvalue weighted by Gasteiger charge is -2.04. The molecule has 1 aromatic heterocycles. The van der Waals surface area contributed by atoms with Gasteiger partial charge >= 0.3 is 5.97 Å². The number of anilines is 1. The largest absolute Gasteiger partial charge is 0.476 e. The molecule has 0 saturated heterocycles. The Labute approximate surface area is 119 Å². The van der Waals surface area contributed by atoms with E-state index in [2.05, 4.69) is 15.5 Å². The molecule has 0 atom stereocenters. The van der Waals surface area contributed by atoms with E-state index in [9.17, 15) is 14.7 Å². The molecule has 7 heteroatoms. The molecule has 7 nitrogen and oxygen atoms in total. The van der Waals surface area contributed by atoms with Crippen molar-refractivity contribution in [1.82, 2.24) is 4.98 Å². The second-order valence-electron chi connectivity index (χ2n) is 3.82. The molecule has 0 aliphatic carbocycles. The molecule has 21 heavy (non-hydrogen) atoms. The lowest BCUT2D eigenvalue weighted by molar-refractivity contribution is -0.129. The van der Waals surface area contributed by atoms with Gasteiger partial charge in [-0.1, -0.05) is 29.4 Å². The van der Waals surface area contributed by atoms with Crippen LogP contribution in [0.25, 0.3) is 0 Å². The number of rotatable bonds is 6. The number of hydrogen-bond donors (Lipinski definition) is 2. The first-order valence-electron chi connectivity index (χ1n) is 5.91. The van der Waals surface area contributed by atoms with Crippen LogP contribution in [0.2, 0.25) is 0 Å². The molecule has 0 radical (unpaired) electrons. The van der Waals surface area contributed by atoms with E-state index < -0.39 is 5.97 Å². The number of para-hydroxylation sites is 1. The zero-order valence-electron chi connectivity index (χ0n) is 10.8. The van der Waals surface area contributed by atoms with Gasteiger partial charge in [0, 0.05) is 0 Å². The average molecular weight is 285 g/mol. The van der Waals surface area contributed by atoms with Crippen molar-refractivity contribution in [2.24, 2.45) is 5.16 Å². The van der Waals surface area contributed by atoms with Crippen molar-refractivity contribution in [3.63, 3.8) is 0 Å². The smallest absolute Gasteiger partial charge is 0.360 e.